The van der Waals surface area contributed by atoms with Crippen LogP contribution in [0, 0.1) is 11.7 Å². The van der Waals surface area contributed by atoms with E-state index in [1.54, 1.807) is 6.07 Å². The molecule has 0 saturated carbocycles. The fourth-order valence-electron chi connectivity index (χ4n) is 4.08. The molecule has 128 valence electrons. The van der Waals surface area contributed by atoms with E-state index in [4.69, 9.17) is 5.11 Å². The van der Waals surface area contributed by atoms with Crippen LogP contribution in [0.4, 0.5) is 10.1 Å². The minimum atomic E-state index is -1.11. The van der Waals surface area contributed by atoms with Gasteiger partial charge in [-0.15, -0.1) is 0 Å². The molecule has 0 spiro atoms. The molecule has 0 radical (unpaired) electrons. The molecule has 0 unspecified atom stereocenters. The molecule has 3 nitrogen and oxygen atoms in total. The third-order valence-corrected chi connectivity index (χ3v) is 5.42. The van der Waals surface area contributed by atoms with E-state index in [1.807, 2.05) is 0 Å². The maximum Gasteiger partial charge on any atom is 0.335 e. The van der Waals surface area contributed by atoms with Crippen molar-refractivity contribution in [3.63, 3.8) is 0 Å². The zero-order valence-corrected chi connectivity index (χ0v) is 14.0. The van der Waals surface area contributed by atoms with Crippen molar-refractivity contribution in [2.75, 3.05) is 5.32 Å². The molecule has 2 N–H and O–H groups in total. The van der Waals surface area contributed by atoms with Crippen molar-refractivity contribution < 1.29 is 14.3 Å². The van der Waals surface area contributed by atoms with Crippen molar-refractivity contribution in [2.45, 2.75) is 31.7 Å². The maximum atomic E-state index is 14.6. The van der Waals surface area contributed by atoms with Crippen LogP contribution in [-0.2, 0) is 6.42 Å². The molecule has 25 heavy (non-hydrogen) atoms. The van der Waals surface area contributed by atoms with E-state index in [0.29, 0.717) is 5.56 Å². The fourth-order valence-corrected chi connectivity index (χ4v) is 4.08. The smallest absolute Gasteiger partial charge is 0.335 e. The Labute approximate surface area is 146 Å². The lowest BCUT2D eigenvalue weighted by Crippen LogP contribution is -2.30. The number of carboxylic acids is 1. The molecule has 4 heteroatoms. The Morgan fingerprint density at radius 3 is 2.80 bits per heavy atom. The number of carbonyl (C=O) groups is 1. The van der Waals surface area contributed by atoms with Gasteiger partial charge in [-0.1, -0.05) is 37.3 Å². The average molecular weight is 337 g/mol. The van der Waals surface area contributed by atoms with E-state index < -0.39 is 11.8 Å². The summed E-state index contributed by atoms with van der Waals surface area (Å²) in [4.78, 5) is 11.1. The predicted molar refractivity (Wildman–Crippen MR) is 95.5 cm³/mol. The Kier molecular flexibility index (Phi) is 3.83. The van der Waals surface area contributed by atoms with E-state index in [2.05, 4.69) is 42.6 Å². The molecule has 3 atom stereocenters. The van der Waals surface area contributed by atoms with Crippen molar-refractivity contribution in [2.24, 2.45) is 5.92 Å². The average Bonchev–Trinajstić information content (AvgIpc) is 3.10. The Morgan fingerprint density at radius 1 is 1.24 bits per heavy atom. The van der Waals surface area contributed by atoms with Gasteiger partial charge in [0.25, 0.3) is 0 Å². The van der Waals surface area contributed by atoms with E-state index in [1.165, 1.54) is 17.2 Å². The zero-order valence-electron chi connectivity index (χ0n) is 14.0. The minimum absolute atomic E-state index is 0.0221. The van der Waals surface area contributed by atoms with Gasteiger partial charge >= 0.3 is 5.97 Å². The SMILES string of the molecule is CCc1ccc2c(c1)[C@@H]1C=CC[C@@H]1[C@H](c1ccc(C(=O)O)cc1F)N2. The van der Waals surface area contributed by atoms with Crippen LogP contribution >= 0.6 is 0 Å². The molecule has 2 aromatic rings. The Morgan fingerprint density at radius 2 is 2.08 bits per heavy atom. The summed E-state index contributed by atoms with van der Waals surface area (Å²) in [5.41, 5.74) is 4.13. The number of aromatic carboxylic acids is 1. The van der Waals surface area contributed by atoms with Crippen LogP contribution in [0.5, 0.6) is 0 Å². The second-order valence-corrected chi connectivity index (χ2v) is 6.79. The number of hydrogen-bond donors (Lipinski definition) is 2. The summed E-state index contributed by atoms with van der Waals surface area (Å²) in [5.74, 6) is -1.06. The highest BCUT2D eigenvalue weighted by molar-refractivity contribution is 5.87. The predicted octanol–water partition coefficient (Wildman–Crippen LogP) is 4.91. The molecule has 0 fully saturated rings. The summed E-state index contributed by atoms with van der Waals surface area (Å²) in [6.45, 7) is 2.14. The summed E-state index contributed by atoms with van der Waals surface area (Å²) in [5, 5.41) is 12.5. The first-order chi connectivity index (χ1) is 12.1. The standard InChI is InChI=1S/C21H20FNO2/c1-2-12-6-9-19-17(10-12)14-4-3-5-15(14)20(23-19)16-8-7-13(21(24)25)11-18(16)22/h3-4,6-11,14-15,20,23H,2,5H2,1H3,(H,24,25)/t14-,15+,20-/m1/s1. The van der Waals surface area contributed by atoms with Crippen LogP contribution in [0.15, 0.2) is 48.6 Å². The molecule has 0 aromatic heterocycles. The molecule has 0 amide bonds. The van der Waals surface area contributed by atoms with Crippen LogP contribution in [0.2, 0.25) is 0 Å². The highest BCUT2D eigenvalue weighted by Gasteiger charge is 2.38. The fraction of sp³-hybridized carbons (Fsp3) is 0.286. The first kappa shape index (κ1) is 15.9. The van der Waals surface area contributed by atoms with Gasteiger partial charge in [0.05, 0.1) is 11.6 Å². The van der Waals surface area contributed by atoms with Gasteiger partial charge in [0, 0.05) is 17.2 Å². The highest BCUT2D eigenvalue weighted by Crippen LogP contribution is 2.50. The summed E-state index contributed by atoms with van der Waals surface area (Å²) < 4.78 is 14.6. The van der Waals surface area contributed by atoms with Crippen LogP contribution in [-0.4, -0.2) is 11.1 Å². The summed E-state index contributed by atoms with van der Waals surface area (Å²) >= 11 is 0. The molecule has 0 saturated heterocycles. The number of rotatable bonds is 3. The topological polar surface area (TPSA) is 49.3 Å². The van der Waals surface area contributed by atoms with Crippen LogP contribution in [0.3, 0.4) is 0 Å². The van der Waals surface area contributed by atoms with E-state index in [0.717, 1.165) is 24.6 Å². The van der Waals surface area contributed by atoms with Gasteiger partial charge in [0.15, 0.2) is 0 Å². The number of benzene rings is 2. The molecule has 1 heterocycles. The lowest BCUT2D eigenvalue weighted by atomic mass is 9.76. The number of hydrogen-bond acceptors (Lipinski definition) is 2. The molecule has 1 aliphatic heterocycles. The van der Waals surface area contributed by atoms with E-state index >= 15 is 0 Å². The second-order valence-electron chi connectivity index (χ2n) is 6.79. The molecule has 2 aromatic carbocycles. The molecular formula is C21H20FNO2. The zero-order chi connectivity index (χ0) is 17.6. The third-order valence-electron chi connectivity index (χ3n) is 5.42. The number of nitrogens with one attached hydrogen (secondary N) is 1. The highest BCUT2D eigenvalue weighted by atomic mass is 19.1. The van der Waals surface area contributed by atoms with Crippen molar-refractivity contribution in [3.05, 3.63) is 76.6 Å². The van der Waals surface area contributed by atoms with Crippen LogP contribution in [0.1, 0.15) is 52.4 Å². The Bertz CT molecular complexity index is 874. The van der Waals surface area contributed by atoms with Gasteiger partial charge in [-0.05, 0) is 48.1 Å². The number of aryl methyl sites for hydroxylation is 1. The summed E-state index contributed by atoms with van der Waals surface area (Å²) in [6.07, 6.45) is 6.27. The van der Waals surface area contributed by atoms with E-state index in [9.17, 15) is 9.18 Å². The van der Waals surface area contributed by atoms with Crippen molar-refractivity contribution in [1.82, 2.24) is 0 Å². The van der Waals surface area contributed by atoms with Gasteiger partial charge in [-0.3, -0.25) is 0 Å². The van der Waals surface area contributed by atoms with Crippen LogP contribution in [0.25, 0.3) is 0 Å². The van der Waals surface area contributed by atoms with Gasteiger partial charge < -0.3 is 10.4 Å². The monoisotopic (exact) mass is 337 g/mol. The number of halogens is 1. The van der Waals surface area contributed by atoms with Gasteiger partial charge in [0.2, 0.25) is 0 Å². The number of fused-ring (bicyclic) bond motifs is 3. The normalized spacial score (nSPS) is 23.7. The number of allylic oxidation sites excluding steroid dienone is 2. The first-order valence-corrected chi connectivity index (χ1v) is 8.67. The van der Waals surface area contributed by atoms with Crippen LogP contribution < -0.4 is 5.32 Å². The second kappa shape index (κ2) is 6.03. The molecular weight excluding hydrogens is 317 g/mol. The van der Waals surface area contributed by atoms with Crippen molar-refractivity contribution >= 4 is 11.7 Å². The van der Waals surface area contributed by atoms with Crippen molar-refractivity contribution in [3.8, 4) is 0 Å². The first-order valence-electron chi connectivity index (χ1n) is 8.67. The summed E-state index contributed by atoms with van der Waals surface area (Å²) in [7, 11) is 0. The minimum Gasteiger partial charge on any atom is -0.478 e. The molecule has 2 aliphatic rings. The largest absolute Gasteiger partial charge is 0.478 e. The number of carboxylic acid groups (broad SMARTS) is 1. The Balaban J connectivity index is 1.76. The quantitative estimate of drug-likeness (QED) is 0.782. The lowest BCUT2D eigenvalue weighted by Gasteiger charge is -2.38. The Hall–Kier alpha value is -2.62. The third kappa shape index (κ3) is 2.62. The number of anilines is 1. The molecule has 1 aliphatic carbocycles. The molecule has 4 rings (SSSR count). The van der Waals surface area contributed by atoms with E-state index in [-0.39, 0.29) is 23.4 Å². The summed E-state index contributed by atoms with van der Waals surface area (Å²) in [6, 6.07) is 10.5. The van der Waals surface area contributed by atoms with Gasteiger partial charge in [-0.2, -0.15) is 0 Å². The molecule has 0 bridgehead atoms. The maximum absolute atomic E-state index is 14.6. The van der Waals surface area contributed by atoms with Crippen molar-refractivity contribution in [1.29, 1.82) is 0 Å². The van der Waals surface area contributed by atoms with Gasteiger partial charge in [-0.25, -0.2) is 9.18 Å². The lowest BCUT2D eigenvalue weighted by molar-refractivity contribution is 0.0696. The van der Waals surface area contributed by atoms with Gasteiger partial charge in [0.1, 0.15) is 5.82 Å².